The maximum absolute atomic E-state index is 9.38. The number of nitriles is 1. The molecule has 1 N–H and O–H groups in total. The summed E-state index contributed by atoms with van der Waals surface area (Å²) in [6.45, 7) is 0.573. The van der Waals surface area contributed by atoms with Gasteiger partial charge in [0.15, 0.2) is 0 Å². The summed E-state index contributed by atoms with van der Waals surface area (Å²) >= 11 is 6.11. The van der Waals surface area contributed by atoms with Crippen LogP contribution in [0.15, 0.2) is 42.7 Å². The fraction of sp³-hybridized carbons (Fsp3) is 0.167. The Morgan fingerprint density at radius 1 is 1.21 bits per heavy atom. The van der Waals surface area contributed by atoms with Gasteiger partial charge in [-0.05, 0) is 35.9 Å². The molecule has 3 rings (SSSR count). The molecular weight excluding hydrogens is 322 g/mol. The average molecular weight is 338 g/mol. The molecule has 120 valence electrons. The Kier molecular flexibility index (Phi) is 4.50. The number of benzene rings is 1. The van der Waals surface area contributed by atoms with Crippen molar-refractivity contribution in [3.63, 3.8) is 0 Å². The molecule has 24 heavy (non-hydrogen) atoms. The van der Waals surface area contributed by atoms with E-state index < -0.39 is 0 Å². The number of hydrogen-bond acceptors (Lipinski definition) is 5. The van der Waals surface area contributed by atoms with Crippen LogP contribution in [0.3, 0.4) is 0 Å². The molecule has 0 bridgehead atoms. The lowest BCUT2D eigenvalue weighted by Crippen LogP contribution is -2.11. The second-order valence-electron chi connectivity index (χ2n) is 5.59. The molecular formula is C18H16ClN5. The molecule has 3 aromatic rings. The molecule has 0 radical (unpaired) electrons. The van der Waals surface area contributed by atoms with E-state index >= 15 is 0 Å². The van der Waals surface area contributed by atoms with E-state index in [9.17, 15) is 5.26 Å². The molecule has 5 nitrogen and oxygen atoms in total. The van der Waals surface area contributed by atoms with E-state index in [1.165, 1.54) is 0 Å². The molecule has 2 heterocycles. The van der Waals surface area contributed by atoms with Crippen molar-refractivity contribution in [2.75, 3.05) is 24.3 Å². The lowest BCUT2D eigenvalue weighted by molar-refractivity contribution is 1.04. The number of halogens is 1. The van der Waals surface area contributed by atoms with Crippen LogP contribution >= 0.6 is 11.6 Å². The van der Waals surface area contributed by atoms with Gasteiger partial charge in [-0.25, -0.2) is 4.98 Å². The Labute approximate surface area is 145 Å². The van der Waals surface area contributed by atoms with E-state index in [4.69, 9.17) is 11.6 Å². The van der Waals surface area contributed by atoms with E-state index in [-0.39, 0.29) is 0 Å². The summed E-state index contributed by atoms with van der Waals surface area (Å²) in [6.07, 6.45) is 3.36. The van der Waals surface area contributed by atoms with Crippen molar-refractivity contribution >= 4 is 34.0 Å². The highest BCUT2D eigenvalue weighted by molar-refractivity contribution is 6.31. The van der Waals surface area contributed by atoms with Crippen molar-refractivity contribution in [1.29, 1.82) is 5.26 Å². The predicted molar refractivity (Wildman–Crippen MR) is 97.4 cm³/mol. The van der Waals surface area contributed by atoms with Crippen molar-refractivity contribution in [2.24, 2.45) is 0 Å². The highest BCUT2D eigenvalue weighted by atomic mass is 35.5. The molecule has 0 aliphatic carbocycles. The van der Waals surface area contributed by atoms with Crippen LogP contribution < -0.4 is 10.2 Å². The van der Waals surface area contributed by atoms with Gasteiger partial charge in [-0.15, -0.1) is 0 Å². The maximum atomic E-state index is 9.38. The molecule has 0 saturated heterocycles. The van der Waals surface area contributed by atoms with E-state index in [1.807, 2.05) is 43.3 Å². The maximum Gasteiger partial charge on any atom is 0.128 e. The number of fused-ring (bicyclic) bond motifs is 1. The first-order valence-corrected chi connectivity index (χ1v) is 7.81. The Morgan fingerprint density at radius 3 is 2.79 bits per heavy atom. The third-order valence-electron chi connectivity index (χ3n) is 3.69. The van der Waals surface area contributed by atoms with Crippen LogP contribution in [0.1, 0.15) is 11.1 Å². The van der Waals surface area contributed by atoms with Crippen LogP contribution in [-0.4, -0.2) is 24.1 Å². The molecule has 0 atom stereocenters. The third-order valence-corrected chi connectivity index (χ3v) is 3.92. The van der Waals surface area contributed by atoms with Crippen LogP contribution in [0.2, 0.25) is 5.02 Å². The van der Waals surface area contributed by atoms with Crippen molar-refractivity contribution in [3.05, 3.63) is 58.9 Å². The number of pyridine rings is 2. The number of nitrogens with zero attached hydrogens (tertiary/aromatic N) is 4. The zero-order valence-electron chi connectivity index (χ0n) is 13.4. The van der Waals surface area contributed by atoms with Crippen LogP contribution in [0, 0.1) is 11.3 Å². The Bertz CT molecular complexity index is 930. The van der Waals surface area contributed by atoms with Crippen LogP contribution in [0.4, 0.5) is 11.5 Å². The predicted octanol–water partition coefficient (Wildman–Crippen LogP) is 3.83. The summed E-state index contributed by atoms with van der Waals surface area (Å²) < 4.78 is 0. The zero-order valence-corrected chi connectivity index (χ0v) is 14.2. The quantitative estimate of drug-likeness (QED) is 0.783. The molecule has 6 heteroatoms. The first-order chi connectivity index (χ1) is 11.6. The van der Waals surface area contributed by atoms with E-state index in [1.54, 1.807) is 18.5 Å². The minimum absolute atomic E-state index is 0.492. The summed E-state index contributed by atoms with van der Waals surface area (Å²) in [6, 6.07) is 11.6. The normalized spacial score (nSPS) is 10.4. The molecule has 2 aromatic heterocycles. The topological polar surface area (TPSA) is 64.8 Å². The largest absolute Gasteiger partial charge is 0.379 e. The monoisotopic (exact) mass is 337 g/mol. The summed E-state index contributed by atoms with van der Waals surface area (Å²) in [5, 5.41) is 14.2. The van der Waals surface area contributed by atoms with E-state index in [0.29, 0.717) is 17.1 Å². The second kappa shape index (κ2) is 6.73. The highest BCUT2D eigenvalue weighted by Crippen LogP contribution is 2.28. The number of aromatic nitrogens is 2. The van der Waals surface area contributed by atoms with Crippen molar-refractivity contribution in [2.45, 2.75) is 6.54 Å². The molecule has 0 spiro atoms. The van der Waals surface area contributed by atoms with Gasteiger partial charge in [-0.3, -0.25) is 4.98 Å². The first-order valence-electron chi connectivity index (χ1n) is 7.43. The van der Waals surface area contributed by atoms with Crippen LogP contribution in [-0.2, 0) is 6.54 Å². The Morgan fingerprint density at radius 2 is 2.04 bits per heavy atom. The van der Waals surface area contributed by atoms with Gasteiger partial charge in [0.05, 0.1) is 16.8 Å². The van der Waals surface area contributed by atoms with Crippen molar-refractivity contribution < 1.29 is 0 Å². The van der Waals surface area contributed by atoms with Gasteiger partial charge in [0, 0.05) is 43.4 Å². The summed E-state index contributed by atoms with van der Waals surface area (Å²) in [7, 11) is 3.90. The fourth-order valence-corrected chi connectivity index (χ4v) is 2.62. The van der Waals surface area contributed by atoms with Gasteiger partial charge in [0.1, 0.15) is 11.9 Å². The smallest absolute Gasteiger partial charge is 0.128 e. The summed E-state index contributed by atoms with van der Waals surface area (Å²) in [5.41, 5.74) is 3.11. The Balaban J connectivity index is 1.96. The average Bonchev–Trinajstić information content (AvgIpc) is 2.59. The minimum Gasteiger partial charge on any atom is -0.379 e. The molecule has 1 aromatic carbocycles. The molecule has 0 fully saturated rings. The zero-order chi connectivity index (χ0) is 17.1. The number of rotatable bonds is 4. The molecule has 0 aliphatic heterocycles. The Hall–Kier alpha value is -2.84. The highest BCUT2D eigenvalue weighted by Gasteiger charge is 2.10. The minimum atomic E-state index is 0.492. The van der Waals surface area contributed by atoms with E-state index in [0.717, 1.165) is 28.0 Å². The van der Waals surface area contributed by atoms with Gasteiger partial charge < -0.3 is 10.2 Å². The number of hydrogen-bond donors (Lipinski definition) is 1. The standard InChI is InChI=1S/C18H16ClN5/c1-24(2)17-7-12(5-6-21-17)10-23-18-13(9-20)11-22-16-4-3-14(19)8-15(16)18/h3-8,11H,10H2,1-2H3,(H,22,23). The molecule has 0 saturated carbocycles. The van der Waals surface area contributed by atoms with Gasteiger partial charge in [0.2, 0.25) is 0 Å². The second-order valence-corrected chi connectivity index (χ2v) is 6.03. The lowest BCUT2D eigenvalue weighted by atomic mass is 10.1. The van der Waals surface area contributed by atoms with Crippen LogP contribution in [0.5, 0.6) is 0 Å². The van der Waals surface area contributed by atoms with Crippen molar-refractivity contribution in [3.8, 4) is 6.07 Å². The van der Waals surface area contributed by atoms with Crippen molar-refractivity contribution in [1.82, 2.24) is 9.97 Å². The van der Waals surface area contributed by atoms with Gasteiger partial charge in [-0.1, -0.05) is 11.6 Å². The number of nitrogens with one attached hydrogen (secondary N) is 1. The fourth-order valence-electron chi connectivity index (χ4n) is 2.45. The SMILES string of the molecule is CN(C)c1cc(CNc2c(C#N)cnc3ccc(Cl)cc23)ccn1. The summed E-state index contributed by atoms with van der Waals surface area (Å²) in [4.78, 5) is 10.6. The molecule has 0 amide bonds. The third kappa shape index (κ3) is 3.24. The van der Waals surface area contributed by atoms with Gasteiger partial charge in [-0.2, -0.15) is 5.26 Å². The van der Waals surface area contributed by atoms with Gasteiger partial charge >= 0.3 is 0 Å². The summed E-state index contributed by atoms with van der Waals surface area (Å²) in [5.74, 6) is 0.887. The molecule has 0 aliphatic rings. The molecule has 0 unspecified atom stereocenters. The lowest BCUT2D eigenvalue weighted by Gasteiger charge is -2.14. The first kappa shape index (κ1) is 16.0. The van der Waals surface area contributed by atoms with Gasteiger partial charge in [0.25, 0.3) is 0 Å². The number of anilines is 2. The van der Waals surface area contributed by atoms with E-state index in [2.05, 4.69) is 21.4 Å². The van der Waals surface area contributed by atoms with Crippen LogP contribution in [0.25, 0.3) is 10.9 Å².